The highest BCUT2D eigenvalue weighted by molar-refractivity contribution is 6.00. The topological polar surface area (TPSA) is 46.6 Å². The van der Waals surface area contributed by atoms with Gasteiger partial charge in [-0.25, -0.2) is 4.79 Å². The number of carbonyl (C=O) groups is 2. The number of rotatable bonds is 7. The Bertz CT molecular complexity index is 496. The molecule has 0 radical (unpaired) electrons. The highest BCUT2D eigenvalue weighted by atomic mass is 16.5. The second-order valence-corrected chi connectivity index (χ2v) is 6.32. The maximum atomic E-state index is 12.1. The summed E-state index contributed by atoms with van der Waals surface area (Å²) in [6, 6.07) is 6.68. The standard InChI is InChI=1S/C18H27NO3/c1-6-19(7-2)12-13-22-17(21)15-10-8-14(9-11-15)16(20)18(3,4)5/h8-11H,6-7,12-13H2,1-5H3. The first-order valence-electron chi connectivity index (χ1n) is 7.84. The van der Waals surface area contributed by atoms with Crippen molar-refractivity contribution >= 4 is 11.8 Å². The zero-order valence-electron chi connectivity index (χ0n) is 14.3. The molecule has 1 aromatic rings. The molecule has 1 rings (SSSR count). The van der Waals surface area contributed by atoms with Crippen LogP contribution < -0.4 is 0 Å². The number of hydrogen-bond donors (Lipinski definition) is 0. The van der Waals surface area contributed by atoms with Gasteiger partial charge in [-0.15, -0.1) is 0 Å². The molecule has 0 spiro atoms. The second-order valence-electron chi connectivity index (χ2n) is 6.32. The molecule has 0 aliphatic heterocycles. The van der Waals surface area contributed by atoms with Gasteiger partial charge in [0.1, 0.15) is 6.61 Å². The van der Waals surface area contributed by atoms with Crippen molar-refractivity contribution in [3.8, 4) is 0 Å². The second kappa shape index (κ2) is 8.08. The van der Waals surface area contributed by atoms with E-state index in [1.807, 2.05) is 20.8 Å². The molecule has 0 fully saturated rings. The zero-order chi connectivity index (χ0) is 16.8. The average molecular weight is 305 g/mol. The fraction of sp³-hybridized carbons (Fsp3) is 0.556. The monoisotopic (exact) mass is 305 g/mol. The summed E-state index contributed by atoms with van der Waals surface area (Å²) in [5, 5.41) is 0. The summed E-state index contributed by atoms with van der Waals surface area (Å²) < 4.78 is 5.26. The van der Waals surface area contributed by atoms with Crippen LogP contribution in [0.2, 0.25) is 0 Å². The van der Waals surface area contributed by atoms with Crippen molar-refractivity contribution < 1.29 is 14.3 Å². The Morgan fingerprint density at radius 2 is 1.50 bits per heavy atom. The van der Waals surface area contributed by atoms with Crippen LogP contribution in [0, 0.1) is 5.41 Å². The highest BCUT2D eigenvalue weighted by Gasteiger charge is 2.22. The molecule has 0 heterocycles. The Labute approximate surface area is 133 Å². The van der Waals surface area contributed by atoms with Crippen molar-refractivity contribution in [2.24, 2.45) is 5.41 Å². The number of Topliss-reactive ketones (excluding diaryl/α,β-unsaturated/α-hetero) is 1. The van der Waals surface area contributed by atoms with Crippen LogP contribution >= 0.6 is 0 Å². The number of benzene rings is 1. The minimum Gasteiger partial charge on any atom is -0.461 e. The van der Waals surface area contributed by atoms with Gasteiger partial charge in [0.2, 0.25) is 0 Å². The lowest BCUT2D eigenvalue weighted by Crippen LogP contribution is -2.27. The molecular formula is C18H27NO3. The van der Waals surface area contributed by atoms with Crippen LogP contribution in [-0.4, -0.2) is 42.9 Å². The van der Waals surface area contributed by atoms with Gasteiger partial charge in [0, 0.05) is 17.5 Å². The van der Waals surface area contributed by atoms with Gasteiger partial charge in [-0.1, -0.05) is 46.8 Å². The smallest absolute Gasteiger partial charge is 0.338 e. The molecule has 0 bridgehead atoms. The molecule has 1 aromatic carbocycles. The third-order valence-electron chi connectivity index (χ3n) is 3.60. The quantitative estimate of drug-likeness (QED) is 0.572. The summed E-state index contributed by atoms with van der Waals surface area (Å²) in [6.45, 7) is 12.8. The van der Waals surface area contributed by atoms with E-state index in [0.717, 1.165) is 19.6 Å². The minimum atomic E-state index is -0.425. The molecule has 0 aromatic heterocycles. The number of likely N-dealkylation sites (N-methyl/N-ethyl adjacent to an activating group) is 1. The summed E-state index contributed by atoms with van der Waals surface area (Å²) in [7, 11) is 0. The maximum Gasteiger partial charge on any atom is 0.338 e. The van der Waals surface area contributed by atoms with Crippen LogP contribution in [0.4, 0.5) is 0 Å². The Morgan fingerprint density at radius 3 is 1.95 bits per heavy atom. The zero-order valence-corrected chi connectivity index (χ0v) is 14.3. The van der Waals surface area contributed by atoms with Gasteiger partial charge in [-0.2, -0.15) is 0 Å². The summed E-state index contributed by atoms with van der Waals surface area (Å²) in [5.41, 5.74) is 0.670. The molecule has 0 atom stereocenters. The Kier molecular flexibility index (Phi) is 6.75. The summed E-state index contributed by atoms with van der Waals surface area (Å²) in [4.78, 5) is 26.3. The number of carbonyl (C=O) groups excluding carboxylic acids is 2. The van der Waals surface area contributed by atoms with Crippen molar-refractivity contribution in [3.63, 3.8) is 0 Å². The highest BCUT2D eigenvalue weighted by Crippen LogP contribution is 2.21. The van der Waals surface area contributed by atoms with Gasteiger partial charge in [-0.3, -0.25) is 4.79 Å². The van der Waals surface area contributed by atoms with Crippen LogP contribution in [0.5, 0.6) is 0 Å². The van der Waals surface area contributed by atoms with E-state index < -0.39 is 5.41 Å². The molecule has 4 nitrogen and oxygen atoms in total. The molecule has 0 amide bonds. The molecule has 0 unspecified atom stereocenters. The number of esters is 1. The molecule has 0 saturated carbocycles. The molecule has 4 heteroatoms. The van der Waals surface area contributed by atoms with E-state index >= 15 is 0 Å². The lowest BCUT2D eigenvalue weighted by molar-refractivity contribution is 0.0466. The van der Waals surface area contributed by atoms with Crippen molar-refractivity contribution in [2.75, 3.05) is 26.2 Å². The third kappa shape index (κ3) is 5.26. The lowest BCUT2D eigenvalue weighted by Gasteiger charge is -2.18. The first-order chi connectivity index (χ1) is 10.3. The van der Waals surface area contributed by atoms with Gasteiger partial charge in [0.05, 0.1) is 5.56 Å². The number of ketones is 1. The largest absolute Gasteiger partial charge is 0.461 e. The number of nitrogens with zero attached hydrogens (tertiary/aromatic N) is 1. The minimum absolute atomic E-state index is 0.0638. The molecule has 0 aliphatic carbocycles. The van der Waals surface area contributed by atoms with Crippen molar-refractivity contribution in [1.29, 1.82) is 0 Å². The van der Waals surface area contributed by atoms with Crippen LogP contribution in [0.25, 0.3) is 0 Å². The summed E-state index contributed by atoms with van der Waals surface area (Å²) in [5.74, 6) is -0.282. The lowest BCUT2D eigenvalue weighted by atomic mass is 9.86. The first kappa shape index (κ1) is 18.4. The fourth-order valence-corrected chi connectivity index (χ4v) is 2.08. The summed E-state index contributed by atoms with van der Waals surface area (Å²) >= 11 is 0. The Morgan fingerprint density at radius 1 is 1.00 bits per heavy atom. The van der Waals surface area contributed by atoms with Gasteiger partial charge in [0.15, 0.2) is 5.78 Å². The van der Waals surface area contributed by atoms with E-state index in [2.05, 4.69) is 18.7 Å². The van der Waals surface area contributed by atoms with Crippen molar-refractivity contribution in [1.82, 2.24) is 4.90 Å². The third-order valence-corrected chi connectivity index (χ3v) is 3.60. The van der Waals surface area contributed by atoms with E-state index in [-0.39, 0.29) is 11.8 Å². The molecule has 0 saturated heterocycles. The first-order valence-corrected chi connectivity index (χ1v) is 7.84. The van der Waals surface area contributed by atoms with Gasteiger partial charge in [-0.05, 0) is 25.2 Å². The van der Waals surface area contributed by atoms with E-state index in [1.165, 1.54) is 0 Å². The van der Waals surface area contributed by atoms with Crippen LogP contribution in [-0.2, 0) is 4.74 Å². The van der Waals surface area contributed by atoms with Gasteiger partial charge < -0.3 is 9.64 Å². The molecule has 122 valence electrons. The predicted octanol–water partition coefficient (Wildman–Crippen LogP) is 3.41. The van der Waals surface area contributed by atoms with Gasteiger partial charge in [0.25, 0.3) is 0 Å². The van der Waals surface area contributed by atoms with E-state index in [1.54, 1.807) is 24.3 Å². The summed E-state index contributed by atoms with van der Waals surface area (Å²) in [6.07, 6.45) is 0. The Balaban J connectivity index is 2.59. The normalized spacial score (nSPS) is 11.5. The molecule has 0 aliphatic rings. The van der Waals surface area contributed by atoms with Crippen LogP contribution in [0.3, 0.4) is 0 Å². The number of ether oxygens (including phenoxy) is 1. The Hall–Kier alpha value is -1.68. The van der Waals surface area contributed by atoms with Crippen molar-refractivity contribution in [2.45, 2.75) is 34.6 Å². The maximum absolute atomic E-state index is 12.1. The van der Waals surface area contributed by atoms with E-state index in [4.69, 9.17) is 4.74 Å². The SMILES string of the molecule is CCN(CC)CCOC(=O)c1ccc(C(=O)C(C)(C)C)cc1. The van der Waals surface area contributed by atoms with Crippen LogP contribution in [0.1, 0.15) is 55.3 Å². The average Bonchev–Trinajstić information content (AvgIpc) is 2.50. The fourth-order valence-electron chi connectivity index (χ4n) is 2.08. The van der Waals surface area contributed by atoms with Crippen LogP contribution in [0.15, 0.2) is 24.3 Å². The van der Waals surface area contributed by atoms with Crippen molar-refractivity contribution in [3.05, 3.63) is 35.4 Å². The molecule has 0 N–H and O–H groups in total. The van der Waals surface area contributed by atoms with E-state index in [9.17, 15) is 9.59 Å². The molecular weight excluding hydrogens is 278 g/mol. The van der Waals surface area contributed by atoms with Gasteiger partial charge >= 0.3 is 5.97 Å². The van der Waals surface area contributed by atoms with E-state index in [0.29, 0.717) is 17.7 Å². The molecule has 22 heavy (non-hydrogen) atoms. The number of hydrogen-bond acceptors (Lipinski definition) is 4. The predicted molar refractivity (Wildman–Crippen MR) is 88.3 cm³/mol.